The zero-order chi connectivity index (χ0) is 16.0. The van der Waals surface area contributed by atoms with Crippen LogP contribution in [0, 0.1) is 5.82 Å². The van der Waals surface area contributed by atoms with E-state index >= 15 is 0 Å². The van der Waals surface area contributed by atoms with Gasteiger partial charge in [0, 0.05) is 6.54 Å². The van der Waals surface area contributed by atoms with E-state index in [-0.39, 0.29) is 11.4 Å². The number of amides is 1. The van der Waals surface area contributed by atoms with Gasteiger partial charge in [-0.1, -0.05) is 6.92 Å². The fourth-order valence-corrected chi connectivity index (χ4v) is 1.37. The van der Waals surface area contributed by atoms with E-state index < -0.39 is 30.6 Å². The third kappa shape index (κ3) is 4.83. The van der Waals surface area contributed by atoms with Gasteiger partial charge in [-0.25, -0.2) is 18.2 Å². The molecule has 0 saturated carbocycles. The first kappa shape index (κ1) is 17.1. The lowest BCUT2D eigenvalue weighted by Gasteiger charge is -2.16. The summed E-state index contributed by atoms with van der Waals surface area (Å²) < 4.78 is 62.5. The van der Waals surface area contributed by atoms with Crippen LogP contribution in [-0.4, -0.2) is 36.3 Å². The van der Waals surface area contributed by atoms with Gasteiger partial charge in [0.05, 0.1) is 18.3 Å². The van der Waals surface area contributed by atoms with E-state index in [0.29, 0.717) is 13.0 Å². The summed E-state index contributed by atoms with van der Waals surface area (Å²) in [6.07, 6.45) is -2.37. The average Bonchev–Trinajstić information content (AvgIpc) is 2.43. The summed E-state index contributed by atoms with van der Waals surface area (Å²) in [7, 11) is 0. The van der Waals surface area contributed by atoms with Crippen molar-refractivity contribution in [2.24, 2.45) is 0 Å². The molecule has 0 aromatic carbocycles. The first-order valence-electron chi connectivity index (χ1n) is 6.11. The number of carbonyl (C=O) groups is 1. The Balaban J connectivity index is 2.83. The smallest absolute Gasteiger partial charge is 0.324 e. The van der Waals surface area contributed by atoms with E-state index in [4.69, 9.17) is 0 Å². The highest BCUT2D eigenvalue weighted by Crippen LogP contribution is 2.22. The molecule has 0 spiro atoms. The third-order valence-corrected chi connectivity index (χ3v) is 2.45. The Hall–Kier alpha value is -1.93. The molecule has 1 aromatic rings. The number of rotatable bonds is 7. The van der Waals surface area contributed by atoms with Crippen molar-refractivity contribution in [2.45, 2.75) is 25.7 Å². The van der Waals surface area contributed by atoms with Gasteiger partial charge < -0.3 is 10.6 Å². The lowest BCUT2D eigenvalue weighted by molar-refractivity contribution is -0.123. The Morgan fingerprint density at radius 1 is 1.43 bits per heavy atom. The minimum absolute atomic E-state index is 0.00360. The second-order valence-electron chi connectivity index (χ2n) is 4.22. The fourth-order valence-electron chi connectivity index (χ4n) is 1.37. The number of nitrogens with one attached hydrogen (secondary N) is 2. The molecule has 0 atom stereocenters. The average molecular weight is 311 g/mol. The lowest BCUT2D eigenvalue weighted by atomic mass is 10.2. The van der Waals surface area contributed by atoms with Crippen LogP contribution in [0.25, 0.3) is 0 Å². The van der Waals surface area contributed by atoms with E-state index in [1.54, 1.807) is 5.32 Å². The van der Waals surface area contributed by atoms with Gasteiger partial charge in [-0.3, -0.25) is 4.79 Å². The number of anilines is 1. The van der Waals surface area contributed by atoms with Crippen molar-refractivity contribution in [3.05, 3.63) is 23.6 Å². The normalized spacial score (nSPS) is 11.6. The van der Waals surface area contributed by atoms with Crippen LogP contribution in [0.15, 0.2) is 12.3 Å². The largest absolute Gasteiger partial charge is 0.369 e. The predicted octanol–water partition coefficient (Wildman–Crippen LogP) is 2.67. The Bertz CT molecular complexity index is 496. The van der Waals surface area contributed by atoms with Crippen molar-refractivity contribution in [1.82, 2.24) is 10.3 Å². The van der Waals surface area contributed by atoms with Crippen molar-refractivity contribution >= 4 is 11.7 Å². The molecule has 0 bridgehead atoms. The van der Waals surface area contributed by atoms with E-state index in [1.165, 1.54) is 0 Å². The van der Waals surface area contributed by atoms with Crippen molar-refractivity contribution in [2.75, 3.05) is 18.4 Å². The van der Waals surface area contributed by atoms with Crippen LogP contribution < -0.4 is 10.6 Å². The highest BCUT2D eigenvalue weighted by Gasteiger charge is 2.41. The van der Waals surface area contributed by atoms with E-state index in [1.807, 2.05) is 6.92 Å². The third-order valence-electron chi connectivity index (χ3n) is 2.45. The van der Waals surface area contributed by atoms with Crippen LogP contribution in [0.4, 0.5) is 27.8 Å². The highest BCUT2D eigenvalue weighted by molar-refractivity contribution is 5.98. The quantitative estimate of drug-likeness (QED) is 0.761. The summed E-state index contributed by atoms with van der Waals surface area (Å²) in [5.74, 6) is -6.31. The second-order valence-corrected chi connectivity index (χ2v) is 4.22. The molecule has 1 amide bonds. The van der Waals surface area contributed by atoms with E-state index in [0.717, 1.165) is 12.3 Å². The Labute approximate surface area is 117 Å². The number of pyridine rings is 1. The molecule has 4 nitrogen and oxygen atoms in total. The maximum absolute atomic E-state index is 13.1. The predicted molar refractivity (Wildman–Crippen MR) is 66.3 cm³/mol. The molecule has 0 aliphatic carbocycles. The summed E-state index contributed by atoms with van der Waals surface area (Å²) >= 11 is 0. The van der Waals surface area contributed by atoms with Crippen LogP contribution in [0.1, 0.15) is 23.7 Å². The first-order valence-corrected chi connectivity index (χ1v) is 6.11. The highest BCUT2D eigenvalue weighted by atomic mass is 19.3. The van der Waals surface area contributed by atoms with Crippen LogP contribution >= 0.6 is 0 Å². The summed E-state index contributed by atoms with van der Waals surface area (Å²) in [4.78, 5) is 15.3. The zero-order valence-corrected chi connectivity index (χ0v) is 11.1. The molecule has 118 valence electrons. The molecule has 21 heavy (non-hydrogen) atoms. The van der Waals surface area contributed by atoms with Gasteiger partial charge in [-0.2, -0.15) is 8.78 Å². The van der Waals surface area contributed by atoms with Crippen molar-refractivity contribution < 1.29 is 26.7 Å². The molecule has 9 heteroatoms. The standard InChI is InChI=1S/C12H14F5N3O/c1-2-3-18-9-8(4-7(13)5-19-9)10(21)20-6-12(16,17)11(14)15/h4-5,11H,2-3,6H2,1H3,(H,18,19)(H,20,21). The van der Waals surface area contributed by atoms with Gasteiger partial charge in [-0.15, -0.1) is 0 Å². The van der Waals surface area contributed by atoms with Gasteiger partial charge in [-0.05, 0) is 12.5 Å². The van der Waals surface area contributed by atoms with Crippen molar-refractivity contribution in [3.63, 3.8) is 0 Å². The number of aromatic nitrogens is 1. The number of halogens is 5. The zero-order valence-electron chi connectivity index (χ0n) is 11.1. The second kappa shape index (κ2) is 7.19. The van der Waals surface area contributed by atoms with Crippen LogP contribution in [0.2, 0.25) is 0 Å². The first-order chi connectivity index (χ1) is 9.77. The monoisotopic (exact) mass is 311 g/mol. The molecular formula is C12H14F5N3O. The summed E-state index contributed by atoms with van der Waals surface area (Å²) in [5.41, 5.74) is -0.325. The topological polar surface area (TPSA) is 54.0 Å². The molecular weight excluding hydrogens is 297 g/mol. The minimum Gasteiger partial charge on any atom is -0.369 e. The summed E-state index contributed by atoms with van der Waals surface area (Å²) in [6.45, 7) is 0.707. The maximum atomic E-state index is 13.1. The molecule has 0 fully saturated rings. The lowest BCUT2D eigenvalue weighted by Crippen LogP contribution is -2.41. The van der Waals surface area contributed by atoms with Gasteiger partial charge in [0.1, 0.15) is 11.6 Å². The number of hydrogen-bond acceptors (Lipinski definition) is 3. The summed E-state index contributed by atoms with van der Waals surface area (Å²) in [5, 5.41) is 4.37. The Morgan fingerprint density at radius 2 is 2.10 bits per heavy atom. The van der Waals surface area contributed by atoms with Crippen LogP contribution in [0.5, 0.6) is 0 Å². The van der Waals surface area contributed by atoms with Crippen LogP contribution in [0.3, 0.4) is 0 Å². The van der Waals surface area contributed by atoms with Crippen molar-refractivity contribution in [1.29, 1.82) is 0 Å². The van der Waals surface area contributed by atoms with Gasteiger partial charge in [0.2, 0.25) is 0 Å². The number of carbonyl (C=O) groups excluding carboxylic acids is 1. The Kier molecular flexibility index (Phi) is 5.86. The maximum Gasteiger partial charge on any atom is 0.324 e. The molecule has 0 aliphatic heterocycles. The number of hydrogen-bond donors (Lipinski definition) is 2. The molecule has 1 rings (SSSR count). The fraction of sp³-hybridized carbons (Fsp3) is 0.500. The van der Waals surface area contributed by atoms with E-state index in [2.05, 4.69) is 10.3 Å². The SMILES string of the molecule is CCCNc1ncc(F)cc1C(=O)NCC(F)(F)C(F)F. The molecule has 1 aromatic heterocycles. The minimum atomic E-state index is -4.35. The molecule has 0 unspecified atom stereocenters. The van der Waals surface area contributed by atoms with Gasteiger partial charge in [0.25, 0.3) is 5.91 Å². The van der Waals surface area contributed by atoms with E-state index in [9.17, 15) is 26.7 Å². The molecule has 0 aliphatic rings. The number of nitrogens with zero attached hydrogens (tertiary/aromatic N) is 1. The molecule has 2 N–H and O–H groups in total. The van der Waals surface area contributed by atoms with Gasteiger partial charge in [0.15, 0.2) is 0 Å². The molecule has 1 heterocycles. The molecule has 0 saturated heterocycles. The van der Waals surface area contributed by atoms with Gasteiger partial charge >= 0.3 is 12.3 Å². The molecule has 0 radical (unpaired) electrons. The number of alkyl halides is 4. The van der Waals surface area contributed by atoms with Crippen LogP contribution in [-0.2, 0) is 0 Å². The Morgan fingerprint density at radius 3 is 2.67 bits per heavy atom. The summed E-state index contributed by atoms with van der Waals surface area (Å²) in [6, 6.07) is 0.793. The van der Waals surface area contributed by atoms with Crippen molar-refractivity contribution in [3.8, 4) is 0 Å².